The SMILES string of the molecule is CC(C)(C)c1ccc(NC(=O)CNC(=O)C2CCOCC2)cc1. The first kappa shape index (κ1) is 17.5. The number of rotatable bonds is 4. The van der Waals surface area contributed by atoms with Crippen LogP contribution in [0.2, 0.25) is 0 Å². The van der Waals surface area contributed by atoms with Gasteiger partial charge in [0.25, 0.3) is 0 Å². The van der Waals surface area contributed by atoms with Gasteiger partial charge in [0.15, 0.2) is 0 Å². The lowest BCUT2D eigenvalue weighted by atomic mass is 9.87. The molecule has 1 fully saturated rings. The summed E-state index contributed by atoms with van der Waals surface area (Å²) in [6, 6.07) is 7.80. The van der Waals surface area contributed by atoms with Gasteiger partial charge < -0.3 is 15.4 Å². The van der Waals surface area contributed by atoms with Gasteiger partial charge in [0.05, 0.1) is 6.54 Å². The Morgan fingerprint density at radius 3 is 2.30 bits per heavy atom. The van der Waals surface area contributed by atoms with Crippen LogP contribution in [0, 0.1) is 5.92 Å². The molecule has 2 N–H and O–H groups in total. The van der Waals surface area contributed by atoms with Gasteiger partial charge in [-0.05, 0) is 36.0 Å². The van der Waals surface area contributed by atoms with E-state index in [0.717, 1.165) is 18.5 Å². The number of amides is 2. The van der Waals surface area contributed by atoms with Gasteiger partial charge in [-0.15, -0.1) is 0 Å². The number of carbonyl (C=O) groups is 2. The quantitative estimate of drug-likeness (QED) is 0.896. The van der Waals surface area contributed by atoms with Crippen molar-refractivity contribution in [2.75, 3.05) is 25.1 Å². The zero-order valence-corrected chi connectivity index (χ0v) is 14.1. The number of carbonyl (C=O) groups excluding carboxylic acids is 2. The Bertz CT molecular complexity index is 540. The van der Waals surface area contributed by atoms with Crippen molar-refractivity contribution in [2.45, 2.75) is 39.0 Å². The lowest BCUT2D eigenvalue weighted by Crippen LogP contribution is -2.38. The van der Waals surface area contributed by atoms with E-state index in [1.165, 1.54) is 5.56 Å². The molecule has 1 aromatic carbocycles. The number of hydrogen-bond donors (Lipinski definition) is 2. The summed E-state index contributed by atoms with van der Waals surface area (Å²) in [7, 11) is 0. The van der Waals surface area contributed by atoms with Crippen LogP contribution in [0.4, 0.5) is 5.69 Å². The molecule has 0 saturated carbocycles. The fraction of sp³-hybridized carbons (Fsp3) is 0.556. The fourth-order valence-electron chi connectivity index (χ4n) is 2.53. The number of nitrogens with one attached hydrogen (secondary N) is 2. The molecule has 5 heteroatoms. The first-order chi connectivity index (χ1) is 10.9. The molecule has 0 aliphatic carbocycles. The largest absolute Gasteiger partial charge is 0.381 e. The molecule has 126 valence electrons. The van der Waals surface area contributed by atoms with Crippen LogP contribution in [0.5, 0.6) is 0 Å². The summed E-state index contributed by atoms with van der Waals surface area (Å²) in [5.74, 6) is -0.317. The minimum absolute atomic E-state index is 0.00277. The second kappa shape index (κ2) is 7.59. The van der Waals surface area contributed by atoms with Gasteiger partial charge in [-0.2, -0.15) is 0 Å². The van der Waals surface area contributed by atoms with Crippen molar-refractivity contribution in [1.82, 2.24) is 5.32 Å². The van der Waals surface area contributed by atoms with Gasteiger partial charge in [-0.1, -0.05) is 32.9 Å². The Balaban J connectivity index is 1.79. The Morgan fingerprint density at radius 1 is 1.13 bits per heavy atom. The highest BCUT2D eigenvalue weighted by Crippen LogP contribution is 2.23. The standard InChI is InChI=1S/C18H26N2O3/c1-18(2,3)14-4-6-15(7-5-14)20-16(21)12-19-17(22)13-8-10-23-11-9-13/h4-7,13H,8-12H2,1-3H3,(H,19,22)(H,20,21). The van der Waals surface area contributed by atoms with Gasteiger partial charge in [-0.25, -0.2) is 0 Å². The summed E-state index contributed by atoms with van der Waals surface area (Å²) in [6.45, 7) is 7.66. The van der Waals surface area contributed by atoms with Gasteiger partial charge in [0.2, 0.25) is 11.8 Å². The molecule has 1 heterocycles. The molecule has 0 spiro atoms. The normalized spacial score (nSPS) is 16.0. The molecule has 1 aliphatic rings. The molecule has 1 saturated heterocycles. The summed E-state index contributed by atoms with van der Waals surface area (Å²) in [5.41, 5.74) is 2.03. The van der Waals surface area contributed by atoms with E-state index < -0.39 is 0 Å². The maximum Gasteiger partial charge on any atom is 0.243 e. The smallest absolute Gasteiger partial charge is 0.243 e. The van der Waals surface area contributed by atoms with Crippen LogP contribution in [0.15, 0.2) is 24.3 Å². The van der Waals surface area contributed by atoms with Crippen molar-refractivity contribution in [3.8, 4) is 0 Å². The highest BCUT2D eigenvalue weighted by Gasteiger charge is 2.21. The van der Waals surface area contributed by atoms with Crippen molar-refractivity contribution < 1.29 is 14.3 Å². The van der Waals surface area contributed by atoms with Crippen LogP contribution in [0.3, 0.4) is 0 Å². The van der Waals surface area contributed by atoms with Crippen molar-refractivity contribution in [3.63, 3.8) is 0 Å². The van der Waals surface area contributed by atoms with E-state index in [0.29, 0.717) is 13.2 Å². The predicted octanol–water partition coefficient (Wildman–Crippen LogP) is 2.47. The summed E-state index contributed by atoms with van der Waals surface area (Å²) in [5, 5.41) is 5.50. The summed E-state index contributed by atoms with van der Waals surface area (Å²) in [4.78, 5) is 23.9. The molecule has 23 heavy (non-hydrogen) atoms. The number of anilines is 1. The minimum Gasteiger partial charge on any atom is -0.381 e. The van der Waals surface area contributed by atoms with E-state index in [1.807, 2.05) is 24.3 Å². The molecule has 0 atom stereocenters. The lowest BCUT2D eigenvalue weighted by Gasteiger charge is -2.21. The lowest BCUT2D eigenvalue weighted by molar-refractivity contribution is -0.129. The highest BCUT2D eigenvalue weighted by molar-refractivity contribution is 5.94. The zero-order chi connectivity index (χ0) is 16.9. The Labute approximate surface area is 137 Å². The van der Waals surface area contributed by atoms with E-state index in [4.69, 9.17) is 4.74 Å². The molecule has 0 radical (unpaired) electrons. The zero-order valence-electron chi connectivity index (χ0n) is 14.1. The van der Waals surface area contributed by atoms with Gasteiger partial charge in [0, 0.05) is 24.8 Å². The third kappa shape index (κ3) is 5.36. The van der Waals surface area contributed by atoms with Crippen molar-refractivity contribution in [1.29, 1.82) is 0 Å². The average Bonchev–Trinajstić information content (AvgIpc) is 2.53. The minimum atomic E-state index is -0.214. The van der Waals surface area contributed by atoms with Crippen LogP contribution in [-0.4, -0.2) is 31.6 Å². The molecule has 5 nitrogen and oxygen atoms in total. The average molecular weight is 318 g/mol. The second-order valence-corrected chi connectivity index (χ2v) is 6.98. The van der Waals surface area contributed by atoms with Crippen molar-refractivity contribution in [2.24, 2.45) is 5.92 Å². The summed E-state index contributed by atoms with van der Waals surface area (Å²) < 4.78 is 5.23. The molecule has 0 bridgehead atoms. The van der Waals surface area contributed by atoms with E-state index >= 15 is 0 Å². The summed E-state index contributed by atoms with van der Waals surface area (Å²) >= 11 is 0. The first-order valence-corrected chi connectivity index (χ1v) is 8.12. The third-order valence-electron chi connectivity index (χ3n) is 4.05. The number of hydrogen-bond acceptors (Lipinski definition) is 3. The maximum atomic E-state index is 12.0. The van der Waals surface area contributed by atoms with Crippen LogP contribution in [-0.2, 0) is 19.7 Å². The molecule has 1 aliphatic heterocycles. The Hall–Kier alpha value is -1.88. The number of ether oxygens (including phenoxy) is 1. The molecular weight excluding hydrogens is 292 g/mol. The maximum absolute atomic E-state index is 12.0. The molecule has 2 rings (SSSR count). The van der Waals surface area contributed by atoms with Crippen LogP contribution < -0.4 is 10.6 Å². The van der Waals surface area contributed by atoms with Crippen LogP contribution in [0.25, 0.3) is 0 Å². The van der Waals surface area contributed by atoms with Crippen LogP contribution >= 0.6 is 0 Å². The topological polar surface area (TPSA) is 67.4 Å². The Morgan fingerprint density at radius 2 is 1.74 bits per heavy atom. The fourth-order valence-corrected chi connectivity index (χ4v) is 2.53. The van der Waals surface area contributed by atoms with E-state index in [1.54, 1.807) is 0 Å². The van der Waals surface area contributed by atoms with E-state index in [9.17, 15) is 9.59 Å². The van der Waals surface area contributed by atoms with E-state index in [-0.39, 0.29) is 29.7 Å². The van der Waals surface area contributed by atoms with E-state index in [2.05, 4.69) is 31.4 Å². The Kier molecular flexibility index (Phi) is 5.77. The predicted molar refractivity (Wildman–Crippen MR) is 90.3 cm³/mol. The number of benzene rings is 1. The summed E-state index contributed by atoms with van der Waals surface area (Å²) in [6.07, 6.45) is 1.45. The molecule has 0 unspecified atom stereocenters. The first-order valence-electron chi connectivity index (χ1n) is 8.12. The second-order valence-electron chi connectivity index (χ2n) is 6.98. The van der Waals surface area contributed by atoms with Gasteiger partial charge in [-0.3, -0.25) is 9.59 Å². The highest BCUT2D eigenvalue weighted by atomic mass is 16.5. The van der Waals surface area contributed by atoms with Gasteiger partial charge in [0.1, 0.15) is 0 Å². The van der Waals surface area contributed by atoms with Crippen molar-refractivity contribution >= 4 is 17.5 Å². The van der Waals surface area contributed by atoms with Gasteiger partial charge >= 0.3 is 0 Å². The molecule has 1 aromatic rings. The van der Waals surface area contributed by atoms with Crippen molar-refractivity contribution in [3.05, 3.63) is 29.8 Å². The molecule has 0 aromatic heterocycles. The third-order valence-corrected chi connectivity index (χ3v) is 4.05. The molecule has 2 amide bonds. The van der Waals surface area contributed by atoms with Crippen LogP contribution in [0.1, 0.15) is 39.2 Å². The molecular formula is C18H26N2O3. The monoisotopic (exact) mass is 318 g/mol.